The van der Waals surface area contributed by atoms with Crippen LogP contribution in [0, 0.1) is 11.6 Å². The summed E-state index contributed by atoms with van der Waals surface area (Å²) in [5.41, 5.74) is -0.828. The van der Waals surface area contributed by atoms with Crippen molar-refractivity contribution in [3.05, 3.63) is 34.4 Å². The lowest BCUT2D eigenvalue weighted by Crippen LogP contribution is -2.60. The van der Waals surface area contributed by atoms with E-state index in [0.717, 1.165) is 12.1 Å². The van der Waals surface area contributed by atoms with Gasteiger partial charge < -0.3 is 0 Å². The number of carbonyl (C=O) groups excluding carboxylic acids is 1. The molecule has 1 aliphatic heterocycles. The van der Waals surface area contributed by atoms with Crippen molar-refractivity contribution in [1.29, 1.82) is 0 Å². The molecule has 5 nitrogen and oxygen atoms in total. The zero-order valence-corrected chi connectivity index (χ0v) is 21.4. The molecular weight excluding hydrogens is 519 g/mol. The number of halogens is 6. The minimum absolute atomic E-state index is 0. The van der Waals surface area contributed by atoms with Crippen molar-refractivity contribution < 1.29 is 30.8 Å². The van der Waals surface area contributed by atoms with Gasteiger partial charge in [0, 0.05) is 56.5 Å². The maximum absolute atomic E-state index is 13.9. The monoisotopic (exact) mass is 548 g/mol. The van der Waals surface area contributed by atoms with E-state index in [1.807, 2.05) is 4.90 Å². The van der Waals surface area contributed by atoms with Crippen LogP contribution in [0.15, 0.2) is 12.1 Å². The first-order valence-electron chi connectivity index (χ1n) is 11.2. The molecule has 1 heterocycles. The highest BCUT2D eigenvalue weighted by Gasteiger charge is 2.47. The average Bonchev–Trinajstić information content (AvgIpc) is 2.76. The van der Waals surface area contributed by atoms with Crippen molar-refractivity contribution in [2.24, 2.45) is 0 Å². The molecule has 1 aliphatic carbocycles. The topological polar surface area (TPSA) is 57.7 Å². The van der Waals surface area contributed by atoms with E-state index in [1.165, 1.54) is 4.31 Å². The quantitative estimate of drug-likeness (QED) is 0.251. The summed E-state index contributed by atoms with van der Waals surface area (Å²) in [5, 5.41) is -0.196. The fourth-order valence-corrected chi connectivity index (χ4v) is 6.60. The second kappa shape index (κ2) is 11.4. The largest absolute Gasteiger partial charge is 0.295 e. The Hall–Kier alpha value is -0.940. The van der Waals surface area contributed by atoms with Crippen LogP contribution in [0.4, 0.5) is 17.6 Å². The number of ketones is 1. The minimum atomic E-state index is -3.35. The van der Waals surface area contributed by atoms with Gasteiger partial charge in [0.15, 0.2) is 17.4 Å². The molecular formula is C22H30Cl2F4N2O3S. The standard InChI is InChI=1S/C22H29ClF4N2O3S.ClH/c1-2-13-33(31,32)29-11-9-28(10-12-29)21(5-7-22(26,27)8-6-21)4-3-20(30)16-14-18(24)19(25)15-17(16)23;/h14-15H,2-13H2,1H3;1H. The molecule has 1 aromatic carbocycles. The van der Waals surface area contributed by atoms with Crippen molar-refractivity contribution in [2.75, 3.05) is 31.9 Å². The molecule has 1 saturated carbocycles. The summed E-state index contributed by atoms with van der Waals surface area (Å²) in [6.07, 6.45) is 0.393. The van der Waals surface area contributed by atoms with Crippen molar-refractivity contribution in [2.45, 2.75) is 63.3 Å². The highest BCUT2D eigenvalue weighted by molar-refractivity contribution is 7.89. The fraction of sp³-hybridized carbons (Fsp3) is 0.682. The van der Waals surface area contributed by atoms with Gasteiger partial charge in [0.05, 0.1) is 10.8 Å². The van der Waals surface area contributed by atoms with E-state index in [1.54, 1.807) is 6.92 Å². The maximum atomic E-state index is 13.9. The van der Waals surface area contributed by atoms with Crippen LogP contribution in [0.25, 0.3) is 0 Å². The van der Waals surface area contributed by atoms with Gasteiger partial charge in [0.1, 0.15) is 0 Å². The van der Waals surface area contributed by atoms with Crippen molar-refractivity contribution in [3.8, 4) is 0 Å². The Bertz CT molecular complexity index is 977. The molecule has 12 heteroatoms. The molecule has 0 bridgehead atoms. The number of benzene rings is 1. The summed E-state index contributed by atoms with van der Waals surface area (Å²) < 4.78 is 81.1. The molecule has 0 N–H and O–H groups in total. The van der Waals surface area contributed by atoms with Crippen LogP contribution < -0.4 is 0 Å². The zero-order chi connectivity index (χ0) is 24.4. The van der Waals surface area contributed by atoms with Gasteiger partial charge in [0.25, 0.3) is 0 Å². The lowest BCUT2D eigenvalue weighted by atomic mass is 9.74. The Morgan fingerprint density at radius 3 is 2.15 bits per heavy atom. The summed E-state index contributed by atoms with van der Waals surface area (Å²) in [7, 11) is -3.35. The van der Waals surface area contributed by atoms with Gasteiger partial charge in [-0.15, -0.1) is 12.4 Å². The Kier molecular flexibility index (Phi) is 9.83. The van der Waals surface area contributed by atoms with Gasteiger partial charge in [-0.05, 0) is 37.8 Å². The summed E-state index contributed by atoms with van der Waals surface area (Å²) in [5.74, 6) is -5.53. The molecule has 0 spiro atoms. The van der Waals surface area contributed by atoms with E-state index < -0.39 is 38.9 Å². The van der Waals surface area contributed by atoms with Gasteiger partial charge in [-0.3, -0.25) is 9.69 Å². The zero-order valence-electron chi connectivity index (χ0n) is 19.0. The van der Waals surface area contributed by atoms with Crippen LogP contribution in [0.1, 0.15) is 62.2 Å². The first-order chi connectivity index (χ1) is 15.4. The summed E-state index contributed by atoms with van der Waals surface area (Å²) >= 11 is 5.92. The Morgan fingerprint density at radius 1 is 1.03 bits per heavy atom. The predicted molar refractivity (Wildman–Crippen MR) is 126 cm³/mol. The summed E-state index contributed by atoms with van der Waals surface area (Å²) in [4.78, 5) is 14.8. The number of rotatable bonds is 8. The van der Waals surface area contributed by atoms with Crippen LogP contribution in [0.2, 0.25) is 5.02 Å². The molecule has 0 radical (unpaired) electrons. The number of carbonyl (C=O) groups is 1. The molecule has 34 heavy (non-hydrogen) atoms. The minimum Gasteiger partial charge on any atom is -0.295 e. The van der Waals surface area contributed by atoms with Gasteiger partial charge in [0.2, 0.25) is 15.9 Å². The number of hydrogen-bond donors (Lipinski definition) is 0. The van der Waals surface area contributed by atoms with E-state index in [9.17, 15) is 30.8 Å². The van der Waals surface area contributed by atoms with Crippen molar-refractivity contribution >= 4 is 39.8 Å². The second-order valence-electron chi connectivity index (χ2n) is 8.95. The molecule has 0 unspecified atom stereocenters. The molecule has 1 aromatic rings. The van der Waals surface area contributed by atoms with Gasteiger partial charge in [-0.25, -0.2) is 26.0 Å². The van der Waals surface area contributed by atoms with E-state index >= 15 is 0 Å². The molecule has 2 aliphatic rings. The fourth-order valence-electron chi connectivity index (χ4n) is 4.85. The molecule has 0 atom stereocenters. The third-order valence-electron chi connectivity index (χ3n) is 6.80. The number of alkyl halides is 2. The van der Waals surface area contributed by atoms with Crippen LogP contribution in [0.3, 0.4) is 0 Å². The van der Waals surface area contributed by atoms with E-state index in [4.69, 9.17) is 11.6 Å². The normalized spacial score (nSPS) is 21.1. The molecule has 0 amide bonds. The van der Waals surface area contributed by atoms with Crippen LogP contribution >= 0.6 is 24.0 Å². The number of nitrogens with zero attached hydrogens (tertiary/aromatic N) is 2. The molecule has 2 fully saturated rings. The van der Waals surface area contributed by atoms with Crippen LogP contribution in [-0.2, 0) is 10.0 Å². The summed E-state index contributed by atoms with van der Waals surface area (Å²) in [6.45, 7) is 3.09. The Labute approximate surface area is 209 Å². The van der Waals surface area contributed by atoms with Crippen molar-refractivity contribution in [1.82, 2.24) is 9.21 Å². The Morgan fingerprint density at radius 2 is 1.59 bits per heavy atom. The summed E-state index contributed by atoms with van der Waals surface area (Å²) in [6, 6.07) is 1.51. The Balaban J connectivity index is 0.00000408. The molecule has 194 valence electrons. The lowest BCUT2D eigenvalue weighted by molar-refractivity contribution is -0.0891. The number of hydrogen-bond acceptors (Lipinski definition) is 4. The van der Waals surface area contributed by atoms with E-state index in [-0.39, 0.29) is 80.4 Å². The average molecular weight is 549 g/mol. The highest BCUT2D eigenvalue weighted by Crippen LogP contribution is 2.44. The smallest absolute Gasteiger partial charge is 0.248 e. The molecule has 1 saturated heterocycles. The number of piperazine rings is 1. The second-order valence-corrected chi connectivity index (χ2v) is 11.4. The van der Waals surface area contributed by atoms with Crippen LogP contribution in [0.5, 0.6) is 0 Å². The van der Waals surface area contributed by atoms with Gasteiger partial charge >= 0.3 is 0 Å². The SMILES string of the molecule is CCCS(=O)(=O)N1CCN(C2(CCC(=O)c3cc(F)c(F)cc3Cl)CCC(F)(F)CC2)CC1.Cl. The first kappa shape index (κ1) is 29.3. The first-order valence-corrected chi connectivity index (χ1v) is 13.2. The number of Topliss-reactive ketones (excluding diaryl/α,β-unsaturated/α-hetero) is 1. The maximum Gasteiger partial charge on any atom is 0.248 e. The highest BCUT2D eigenvalue weighted by atomic mass is 35.5. The van der Waals surface area contributed by atoms with Gasteiger partial charge in [-0.2, -0.15) is 4.31 Å². The third kappa shape index (κ3) is 6.63. The molecule has 3 rings (SSSR count). The number of sulfonamides is 1. The van der Waals surface area contributed by atoms with Gasteiger partial charge in [-0.1, -0.05) is 18.5 Å². The van der Waals surface area contributed by atoms with E-state index in [2.05, 4.69) is 0 Å². The predicted octanol–water partition coefficient (Wildman–Crippen LogP) is 5.31. The lowest BCUT2D eigenvalue weighted by Gasteiger charge is -2.51. The van der Waals surface area contributed by atoms with Crippen molar-refractivity contribution in [3.63, 3.8) is 0 Å². The molecule has 0 aromatic heterocycles. The van der Waals surface area contributed by atoms with E-state index in [0.29, 0.717) is 19.5 Å². The third-order valence-corrected chi connectivity index (χ3v) is 9.19. The van der Waals surface area contributed by atoms with Crippen LogP contribution in [-0.4, -0.2) is 66.8 Å².